The molecule has 0 radical (unpaired) electrons. The van der Waals surface area contributed by atoms with Gasteiger partial charge in [-0.1, -0.05) is 18.2 Å². The van der Waals surface area contributed by atoms with Crippen LogP contribution in [0.2, 0.25) is 0 Å². The molecule has 1 saturated heterocycles. The summed E-state index contributed by atoms with van der Waals surface area (Å²) in [6.45, 7) is 1.18. The summed E-state index contributed by atoms with van der Waals surface area (Å²) in [5, 5.41) is 7.14. The number of benzene rings is 2. The zero-order chi connectivity index (χ0) is 22.7. The van der Waals surface area contributed by atoms with Crippen molar-refractivity contribution in [3.63, 3.8) is 0 Å². The van der Waals surface area contributed by atoms with E-state index in [9.17, 15) is 22.4 Å². The van der Waals surface area contributed by atoms with Crippen LogP contribution in [-0.4, -0.2) is 34.1 Å². The number of nitrogens with one attached hydrogen (secondary N) is 1. The molecule has 1 atom stereocenters. The quantitative estimate of drug-likeness (QED) is 0.557. The van der Waals surface area contributed by atoms with Crippen LogP contribution in [0.15, 0.2) is 54.6 Å². The molecule has 2 heterocycles. The van der Waals surface area contributed by atoms with Crippen molar-refractivity contribution < 1.29 is 27.1 Å². The van der Waals surface area contributed by atoms with Gasteiger partial charge in [-0.2, -0.15) is 18.3 Å². The molecule has 0 unspecified atom stereocenters. The van der Waals surface area contributed by atoms with E-state index in [1.54, 1.807) is 17.0 Å². The minimum Gasteiger partial charge on any atom is -0.487 e. The lowest BCUT2D eigenvalue weighted by atomic mass is 10.1. The second-order valence-electron chi connectivity index (χ2n) is 7.76. The lowest BCUT2D eigenvalue weighted by Crippen LogP contribution is -2.29. The van der Waals surface area contributed by atoms with Gasteiger partial charge in [-0.05, 0) is 48.4 Å². The molecule has 1 amide bonds. The number of nitrogens with zero attached hydrogens (tertiary/aromatic N) is 2. The highest BCUT2D eigenvalue weighted by Crippen LogP contribution is 2.31. The number of H-pyrrole nitrogens is 1. The summed E-state index contributed by atoms with van der Waals surface area (Å²) in [4.78, 5) is 14.3. The van der Waals surface area contributed by atoms with E-state index in [4.69, 9.17) is 4.74 Å². The number of halogens is 4. The number of amides is 1. The predicted molar refractivity (Wildman–Crippen MR) is 108 cm³/mol. The average molecular weight is 447 g/mol. The molecule has 1 N–H and O–H groups in total. The number of ether oxygens (including phenoxy) is 1. The van der Waals surface area contributed by atoms with Crippen LogP contribution in [0.5, 0.6) is 5.75 Å². The van der Waals surface area contributed by atoms with E-state index in [0.717, 1.165) is 29.8 Å². The van der Waals surface area contributed by atoms with Crippen molar-refractivity contribution in [3.8, 4) is 5.75 Å². The minimum absolute atomic E-state index is 0.0252. The summed E-state index contributed by atoms with van der Waals surface area (Å²) >= 11 is 0. The van der Waals surface area contributed by atoms with E-state index in [1.165, 1.54) is 24.3 Å². The van der Waals surface area contributed by atoms with Gasteiger partial charge >= 0.3 is 6.18 Å². The standard InChI is InChI=1S/C23H21F4N3O2/c24-18-6-4-15(5-7-18)10-22(31)30-9-8-16(13-30)21-12-19(28-29-21)14-32-20-3-1-2-17(11-20)23(25,26)27/h1-7,11-12,16H,8-10,13-14H2,(H,28,29)/t16-/m0/s1. The third-order valence-corrected chi connectivity index (χ3v) is 5.43. The highest BCUT2D eigenvalue weighted by atomic mass is 19.4. The smallest absolute Gasteiger partial charge is 0.416 e. The Kier molecular flexibility index (Phi) is 6.16. The average Bonchev–Trinajstić information content (AvgIpc) is 3.43. The highest BCUT2D eigenvalue weighted by molar-refractivity contribution is 5.79. The molecule has 1 aliphatic heterocycles. The van der Waals surface area contributed by atoms with Gasteiger partial charge < -0.3 is 9.64 Å². The summed E-state index contributed by atoms with van der Waals surface area (Å²) in [5.74, 6) is -0.184. The molecule has 0 saturated carbocycles. The van der Waals surface area contributed by atoms with Gasteiger partial charge in [0, 0.05) is 19.0 Å². The van der Waals surface area contributed by atoms with E-state index in [-0.39, 0.29) is 36.4 Å². The molecule has 4 rings (SSSR count). The first-order chi connectivity index (χ1) is 15.3. The molecular formula is C23H21F4N3O2. The zero-order valence-corrected chi connectivity index (χ0v) is 17.0. The second-order valence-corrected chi connectivity index (χ2v) is 7.76. The summed E-state index contributed by atoms with van der Waals surface area (Å²) < 4.78 is 57.0. The van der Waals surface area contributed by atoms with E-state index in [1.807, 2.05) is 6.07 Å². The molecule has 0 aliphatic carbocycles. The van der Waals surface area contributed by atoms with Crippen molar-refractivity contribution in [2.24, 2.45) is 0 Å². The Hall–Kier alpha value is -3.36. The van der Waals surface area contributed by atoms with Crippen molar-refractivity contribution in [3.05, 3.63) is 82.9 Å². The summed E-state index contributed by atoms with van der Waals surface area (Å²) in [5.41, 5.74) is 1.41. The first-order valence-electron chi connectivity index (χ1n) is 10.1. The molecule has 9 heteroatoms. The maximum absolute atomic E-state index is 13.0. The summed E-state index contributed by atoms with van der Waals surface area (Å²) in [6, 6.07) is 12.4. The molecule has 3 aromatic rings. The number of carbonyl (C=O) groups excluding carboxylic acids is 1. The number of aromatic nitrogens is 2. The maximum atomic E-state index is 13.0. The van der Waals surface area contributed by atoms with Crippen LogP contribution in [0.25, 0.3) is 0 Å². The topological polar surface area (TPSA) is 58.2 Å². The van der Waals surface area contributed by atoms with E-state index >= 15 is 0 Å². The predicted octanol–water partition coefficient (Wildman–Crippen LogP) is 4.71. The Morgan fingerprint density at radius 1 is 1.16 bits per heavy atom. The van der Waals surface area contributed by atoms with Crippen molar-refractivity contribution in [2.75, 3.05) is 13.1 Å². The number of likely N-dealkylation sites (tertiary alicyclic amines) is 1. The number of hydrogen-bond acceptors (Lipinski definition) is 3. The van der Waals surface area contributed by atoms with E-state index in [2.05, 4.69) is 10.2 Å². The third kappa shape index (κ3) is 5.27. The fourth-order valence-corrected chi connectivity index (χ4v) is 3.70. The molecule has 1 fully saturated rings. The lowest BCUT2D eigenvalue weighted by Gasteiger charge is -2.16. The molecule has 1 aliphatic rings. The molecule has 2 aromatic carbocycles. The van der Waals surface area contributed by atoms with Gasteiger partial charge in [0.2, 0.25) is 5.91 Å². The Bertz CT molecular complexity index is 1080. The zero-order valence-electron chi connectivity index (χ0n) is 17.0. The SMILES string of the molecule is O=C(Cc1ccc(F)cc1)N1CC[C@H](c2cc(COc3cccc(C(F)(F)F)c3)[nH]n2)C1. The van der Waals surface area contributed by atoms with Gasteiger partial charge in [-0.3, -0.25) is 9.89 Å². The van der Waals surface area contributed by atoms with Gasteiger partial charge in [-0.25, -0.2) is 4.39 Å². The highest BCUT2D eigenvalue weighted by Gasteiger charge is 2.31. The molecular weight excluding hydrogens is 426 g/mol. The van der Waals surface area contributed by atoms with Gasteiger partial charge in [0.25, 0.3) is 0 Å². The van der Waals surface area contributed by atoms with Crippen LogP contribution in [0.3, 0.4) is 0 Å². The van der Waals surface area contributed by atoms with Crippen LogP contribution in [0.1, 0.15) is 34.9 Å². The summed E-state index contributed by atoms with van der Waals surface area (Å²) in [7, 11) is 0. The third-order valence-electron chi connectivity index (χ3n) is 5.43. The number of aromatic amines is 1. The van der Waals surface area contributed by atoms with E-state index in [0.29, 0.717) is 18.8 Å². The molecule has 0 spiro atoms. The molecule has 32 heavy (non-hydrogen) atoms. The molecule has 1 aromatic heterocycles. The van der Waals surface area contributed by atoms with Crippen LogP contribution in [0, 0.1) is 5.82 Å². The van der Waals surface area contributed by atoms with Gasteiger partial charge in [0.1, 0.15) is 18.2 Å². The number of carbonyl (C=O) groups is 1. The normalized spacial score (nSPS) is 16.4. The van der Waals surface area contributed by atoms with Crippen LogP contribution in [-0.2, 0) is 24.0 Å². The van der Waals surface area contributed by atoms with Crippen LogP contribution in [0.4, 0.5) is 17.6 Å². The molecule has 0 bridgehead atoms. The van der Waals surface area contributed by atoms with Gasteiger partial charge in [0.15, 0.2) is 0 Å². The number of hydrogen-bond donors (Lipinski definition) is 1. The fraction of sp³-hybridized carbons (Fsp3) is 0.304. The lowest BCUT2D eigenvalue weighted by molar-refractivity contribution is -0.137. The Balaban J connectivity index is 1.31. The Morgan fingerprint density at radius 3 is 2.69 bits per heavy atom. The van der Waals surface area contributed by atoms with Gasteiger partial charge in [0.05, 0.1) is 23.4 Å². The van der Waals surface area contributed by atoms with Crippen molar-refractivity contribution in [2.45, 2.75) is 31.5 Å². The minimum atomic E-state index is -4.43. The molecule has 168 valence electrons. The number of alkyl halides is 3. The first kappa shape index (κ1) is 21.9. The van der Waals surface area contributed by atoms with Crippen molar-refractivity contribution in [1.82, 2.24) is 15.1 Å². The van der Waals surface area contributed by atoms with Crippen LogP contribution >= 0.6 is 0 Å². The second kappa shape index (κ2) is 9.02. The Labute approximate surface area is 182 Å². The molecule has 5 nitrogen and oxygen atoms in total. The Morgan fingerprint density at radius 2 is 1.94 bits per heavy atom. The monoisotopic (exact) mass is 447 g/mol. The van der Waals surface area contributed by atoms with Gasteiger partial charge in [-0.15, -0.1) is 0 Å². The van der Waals surface area contributed by atoms with Crippen molar-refractivity contribution in [1.29, 1.82) is 0 Å². The van der Waals surface area contributed by atoms with Crippen molar-refractivity contribution >= 4 is 5.91 Å². The maximum Gasteiger partial charge on any atom is 0.416 e. The largest absolute Gasteiger partial charge is 0.487 e. The van der Waals surface area contributed by atoms with Crippen LogP contribution < -0.4 is 4.74 Å². The summed E-state index contributed by atoms with van der Waals surface area (Å²) in [6.07, 6.45) is -3.46. The number of rotatable bonds is 6. The fourth-order valence-electron chi connectivity index (χ4n) is 3.70. The van der Waals surface area contributed by atoms with E-state index < -0.39 is 11.7 Å². The first-order valence-corrected chi connectivity index (χ1v) is 10.1.